The molecule has 0 heterocycles. The van der Waals surface area contributed by atoms with Gasteiger partial charge in [0.1, 0.15) is 18.6 Å². The number of primary amides is 2. The van der Waals surface area contributed by atoms with Gasteiger partial charge in [0, 0.05) is 0 Å². The Balaban J connectivity index is 5.19. The van der Waals surface area contributed by atoms with Crippen molar-refractivity contribution in [2.45, 2.75) is 50.2 Å². The number of carbonyl (C=O) groups is 6. The Morgan fingerprint density at radius 3 is 1.77 bits per heavy atom. The van der Waals surface area contributed by atoms with E-state index in [4.69, 9.17) is 28.0 Å². The minimum atomic E-state index is -1.53. The Hall–Kier alpha value is -3.26. The third-order valence-electron chi connectivity index (χ3n) is 3.80. The molecule has 0 fully saturated rings. The van der Waals surface area contributed by atoms with E-state index in [1.165, 1.54) is 0 Å². The van der Waals surface area contributed by atoms with Gasteiger partial charge in [-0.25, -0.2) is 0 Å². The van der Waals surface area contributed by atoms with Gasteiger partial charge in [-0.05, 0) is 19.4 Å². The Labute approximate surface area is 172 Å². The van der Waals surface area contributed by atoms with Crippen molar-refractivity contribution in [3.63, 3.8) is 0 Å². The molecule has 0 saturated heterocycles. The van der Waals surface area contributed by atoms with Gasteiger partial charge in [0.05, 0.1) is 18.9 Å². The zero-order valence-electron chi connectivity index (χ0n) is 16.4. The molecule has 30 heavy (non-hydrogen) atoms. The number of hydrogen-bond acceptors (Lipinski definition) is 8. The van der Waals surface area contributed by atoms with Crippen LogP contribution in [0.2, 0.25) is 0 Å². The lowest BCUT2D eigenvalue weighted by atomic mass is 10.1. The fraction of sp³-hybridized carbons (Fsp3) is 0.625. The van der Waals surface area contributed by atoms with Crippen molar-refractivity contribution in [1.29, 1.82) is 0 Å². The summed E-state index contributed by atoms with van der Waals surface area (Å²) in [5.74, 6) is -5.96. The molecule has 0 aromatic rings. The molecule has 5 amide bonds. The third-order valence-corrected chi connectivity index (χ3v) is 3.80. The number of unbranched alkanes of at least 4 members (excludes halogenated alkanes) is 1. The van der Waals surface area contributed by atoms with Crippen molar-refractivity contribution in [3.8, 4) is 0 Å². The molecule has 0 aliphatic carbocycles. The first-order valence-electron chi connectivity index (χ1n) is 9.10. The summed E-state index contributed by atoms with van der Waals surface area (Å²) < 4.78 is 0. The van der Waals surface area contributed by atoms with Gasteiger partial charge in [-0.1, -0.05) is 6.42 Å². The predicted octanol–water partition coefficient (Wildman–Crippen LogP) is -4.64. The second-order valence-electron chi connectivity index (χ2n) is 6.47. The summed E-state index contributed by atoms with van der Waals surface area (Å²) >= 11 is 0. The lowest BCUT2D eigenvalue weighted by Gasteiger charge is -2.23. The van der Waals surface area contributed by atoms with Crippen LogP contribution >= 0.6 is 0 Å². The number of aliphatic carboxylic acids is 1. The maximum Gasteiger partial charge on any atom is 0.322 e. The SMILES string of the molecule is NCCCCC(N)C(=O)NC(CC(N)=O)C(=O)NC(CC(N)=O)C(=O)NCC(=O)O. The van der Waals surface area contributed by atoms with Crippen molar-refractivity contribution in [1.82, 2.24) is 16.0 Å². The molecule has 0 saturated carbocycles. The van der Waals surface area contributed by atoms with Crippen LogP contribution in [-0.2, 0) is 28.8 Å². The quantitative estimate of drug-likeness (QED) is 0.116. The van der Waals surface area contributed by atoms with Gasteiger partial charge < -0.3 is 44.0 Å². The summed E-state index contributed by atoms with van der Waals surface area (Å²) in [7, 11) is 0. The number of carboxylic acid groups (broad SMARTS) is 1. The Morgan fingerprint density at radius 2 is 1.30 bits per heavy atom. The molecule has 12 N–H and O–H groups in total. The Bertz CT molecular complexity index is 656. The summed E-state index contributed by atoms with van der Waals surface area (Å²) in [6.45, 7) is -0.338. The predicted molar refractivity (Wildman–Crippen MR) is 103 cm³/mol. The lowest BCUT2D eigenvalue weighted by molar-refractivity contribution is -0.139. The second kappa shape index (κ2) is 13.8. The third kappa shape index (κ3) is 11.6. The number of nitrogens with one attached hydrogen (secondary N) is 3. The number of rotatable bonds is 15. The molecule has 0 aliphatic rings. The highest BCUT2D eigenvalue weighted by atomic mass is 16.4. The van der Waals surface area contributed by atoms with Gasteiger partial charge >= 0.3 is 5.97 Å². The molecule has 3 unspecified atom stereocenters. The number of amides is 5. The number of carboxylic acids is 1. The van der Waals surface area contributed by atoms with Crippen LogP contribution in [0.3, 0.4) is 0 Å². The van der Waals surface area contributed by atoms with Gasteiger partial charge in [-0.3, -0.25) is 28.8 Å². The van der Waals surface area contributed by atoms with Gasteiger partial charge in [-0.2, -0.15) is 0 Å². The highest BCUT2D eigenvalue weighted by Gasteiger charge is 2.30. The van der Waals surface area contributed by atoms with Crippen LogP contribution in [0.5, 0.6) is 0 Å². The average molecular weight is 431 g/mol. The highest BCUT2D eigenvalue weighted by molar-refractivity contribution is 5.97. The molecule has 0 radical (unpaired) electrons. The molecule has 0 aromatic carbocycles. The Kier molecular flexibility index (Phi) is 12.3. The molecule has 14 heteroatoms. The number of hydrogen-bond donors (Lipinski definition) is 8. The van der Waals surface area contributed by atoms with E-state index in [1.807, 2.05) is 5.32 Å². The minimum Gasteiger partial charge on any atom is -0.480 e. The highest BCUT2D eigenvalue weighted by Crippen LogP contribution is 2.02. The smallest absolute Gasteiger partial charge is 0.322 e. The van der Waals surface area contributed by atoms with Gasteiger partial charge in [0.15, 0.2) is 0 Å². The zero-order valence-corrected chi connectivity index (χ0v) is 16.4. The standard InChI is InChI=1S/C16H29N7O7/c17-4-2-1-3-8(18)14(28)22-10(6-12(20)25)16(30)23-9(5-11(19)24)15(29)21-7-13(26)27/h8-10H,1-7,17-18H2,(H2,19,24)(H2,20,25)(H,21,29)(H,22,28)(H,23,30)(H,26,27). The molecule has 0 aromatic heterocycles. The van der Waals surface area contributed by atoms with Crippen LogP contribution in [0.4, 0.5) is 0 Å². The number of nitrogens with two attached hydrogens (primary N) is 4. The molecule has 0 rings (SSSR count). The van der Waals surface area contributed by atoms with E-state index in [0.29, 0.717) is 19.4 Å². The fourth-order valence-corrected chi connectivity index (χ4v) is 2.30. The summed E-state index contributed by atoms with van der Waals surface area (Å²) in [5, 5.41) is 15.0. The van der Waals surface area contributed by atoms with Crippen LogP contribution in [0.25, 0.3) is 0 Å². The summed E-state index contributed by atoms with van der Waals surface area (Å²) in [5.41, 5.74) is 21.2. The monoisotopic (exact) mass is 431 g/mol. The topological polar surface area (TPSA) is 263 Å². The lowest BCUT2D eigenvalue weighted by Crippen LogP contribution is -2.57. The van der Waals surface area contributed by atoms with Crippen LogP contribution in [0.1, 0.15) is 32.1 Å². The van der Waals surface area contributed by atoms with Gasteiger partial charge in [0.2, 0.25) is 29.5 Å². The van der Waals surface area contributed by atoms with E-state index in [-0.39, 0.29) is 6.42 Å². The van der Waals surface area contributed by atoms with Gasteiger partial charge in [-0.15, -0.1) is 0 Å². The largest absolute Gasteiger partial charge is 0.480 e. The zero-order chi connectivity index (χ0) is 23.3. The summed E-state index contributed by atoms with van der Waals surface area (Å²) in [6, 6.07) is -3.97. The molecular formula is C16H29N7O7. The van der Waals surface area contributed by atoms with E-state index >= 15 is 0 Å². The molecular weight excluding hydrogens is 402 g/mol. The second-order valence-corrected chi connectivity index (χ2v) is 6.47. The fourth-order valence-electron chi connectivity index (χ4n) is 2.30. The molecule has 3 atom stereocenters. The van der Waals surface area contributed by atoms with E-state index in [0.717, 1.165) is 0 Å². The number of carbonyl (C=O) groups excluding carboxylic acids is 5. The average Bonchev–Trinajstić information content (AvgIpc) is 2.64. The normalized spacial score (nSPS) is 13.4. The molecule has 0 aliphatic heterocycles. The van der Waals surface area contributed by atoms with Crippen LogP contribution in [-0.4, -0.2) is 71.8 Å². The molecule has 170 valence electrons. The maximum absolute atomic E-state index is 12.5. The molecule has 0 spiro atoms. The van der Waals surface area contributed by atoms with Crippen LogP contribution in [0.15, 0.2) is 0 Å². The minimum absolute atomic E-state index is 0.288. The first kappa shape index (κ1) is 26.7. The van der Waals surface area contributed by atoms with Crippen molar-refractivity contribution in [2.75, 3.05) is 13.1 Å². The maximum atomic E-state index is 12.5. The summed E-state index contributed by atoms with van der Waals surface area (Å²) in [6.07, 6.45) is 0.255. The first-order chi connectivity index (χ1) is 14.0. The van der Waals surface area contributed by atoms with Crippen molar-refractivity contribution < 1.29 is 33.9 Å². The van der Waals surface area contributed by atoms with Crippen LogP contribution < -0.4 is 38.9 Å². The van der Waals surface area contributed by atoms with Crippen LogP contribution in [0, 0.1) is 0 Å². The van der Waals surface area contributed by atoms with E-state index < -0.39 is 73.0 Å². The molecule has 0 bridgehead atoms. The first-order valence-corrected chi connectivity index (χ1v) is 9.10. The van der Waals surface area contributed by atoms with E-state index in [9.17, 15) is 28.8 Å². The Morgan fingerprint density at radius 1 is 0.800 bits per heavy atom. The van der Waals surface area contributed by atoms with Crippen molar-refractivity contribution >= 4 is 35.5 Å². The van der Waals surface area contributed by atoms with Crippen molar-refractivity contribution in [2.24, 2.45) is 22.9 Å². The van der Waals surface area contributed by atoms with E-state index in [1.54, 1.807) is 0 Å². The van der Waals surface area contributed by atoms with E-state index in [2.05, 4.69) is 10.6 Å². The molecule has 14 nitrogen and oxygen atoms in total. The summed E-state index contributed by atoms with van der Waals surface area (Å²) in [4.78, 5) is 69.7. The van der Waals surface area contributed by atoms with Gasteiger partial charge in [0.25, 0.3) is 0 Å². The van der Waals surface area contributed by atoms with Crippen molar-refractivity contribution in [3.05, 3.63) is 0 Å².